The summed E-state index contributed by atoms with van der Waals surface area (Å²) >= 11 is 0. The fraction of sp³-hybridized carbons (Fsp3) is 0.364. The number of aldehydes is 1. The van der Waals surface area contributed by atoms with Gasteiger partial charge in [0.25, 0.3) is 0 Å². The van der Waals surface area contributed by atoms with Crippen molar-refractivity contribution < 1.29 is 19.4 Å². The molecule has 4 nitrogen and oxygen atoms in total. The van der Waals surface area contributed by atoms with Gasteiger partial charge in [-0.05, 0) is 19.4 Å². The van der Waals surface area contributed by atoms with E-state index in [1.165, 1.54) is 14.2 Å². The van der Waals surface area contributed by atoms with Crippen molar-refractivity contribution in [2.75, 3.05) is 14.2 Å². The highest BCUT2D eigenvalue weighted by molar-refractivity contribution is 5.87. The van der Waals surface area contributed by atoms with Crippen LogP contribution in [-0.2, 0) is 0 Å². The summed E-state index contributed by atoms with van der Waals surface area (Å²) in [7, 11) is 2.91. The minimum absolute atomic E-state index is 0.123. The Morgan fingerprint density at radius 3 is 1.93 bits per heavy atom. The minimum Gasteiger partial charge on any atom is -0.504 e. The molecule has 1 aromatic rings. The highest BCUT2D eigenvalue weighted by Gasteiger charge is 2.20. The minimum atomic E-state index is -0.174. The van der Waals surface area contributed by atoms with Crippen LogP contribution in [0.2, 0.25) is 0 Å². The number of ether oxygens (including phenoxy) is 2. The van der Waals surface area contributed by atoms with Crippen LogP contribution in [0.1, 0.15) is 21.5 Å². The predicted molar refractivity (Wildman–Crippen MR) is 56.1 cm³/mol. The Hall–Kier alpha value is -1.71. The Balaban J connectivity index is 3.64. The quantitative estimate of drug-likeness (QED) is 0.773. The van der Waals surface area contributed by atoms with Gasteiger partial charge in [0.1, 0.15) is 11.3 Å². The highest BCUT2D eigenvalue weighted by atomic mass is 16.5. The molecule has 0 radical (unpaired) electrons. The van der Waals surface area contributed by atoms with Crippen LogP contribution in [0.5, 0.6) is 17.2 Å². The van der Waals surface area contributed by atoms with E-state index in [1.807, 2.05) is 6.92 Å². The molecule has 0 aromatic heterocycles. The Bertz CT molecular complexity index is 396. The van der Waals surface area contributed by atoms with Gasteiger partial charge >= 0.3 is 0 Å². The number of rotatable bonds is 3. The van der Waals surface area contributed by atoms with Crippen LogP contribution in [0, 0.1) is 13.8 Å². The fourth-order valence-corrected chi connectivity index (χ4v) is 1.57. The van der Waals surface area contributed by atoms with Gasteiger partial charge in [-0.15, -0.1) is 0 Å². The van der Waals surface area contributed by atoms with Crippen LogP contribution in [0.25, 0.3) is 0 Å². The summed E-state index contributed by atoms with van der Waals surface area (Å²) in [4.78, 5) is 10.8. The summed E-state index contributed by atoms with van der Waals surface area (Å²) in [5.41, 5.74) is 1.67. The molecule has 0 aliphatic rings. The molecule has 0 amide bonds. The van der Waals surface area contributed by atoms with Crippen molar-refractivity contribution in [3.05, 3.63) is 16.7 Å². The molecule has 82 valence electrons. The third-order valence-corrected chi connectivity index (χ3v) is 2.48. The molecule has 0 aliphatic carbocycles. The maximum atomic E-state index is 10.8. The third-order valence-electron chi connectivity index (χ3n) is 2.48. The molecule has 0 atom stereocenters. The van der Waals surface area contributed by atoms with Crippen LogP contribution in [0.15, 0.2) is 0 Å². The van der Waals surface area contributed by atoms with Gasteiger partial charge in [0, 0.05) is 5.56 Å². The average Bonchev–Trinajstić information content (AvgIpc) is 2.23. The van der Waals surface area contributed by atoms with Crippen molar-refractivity contribution in [1.29, 1.82) is 0 Å². The summed E-state index contributed by atoms with van der Waals surface area (Å²) in [5, 5.41) is 9.77. The summed E-state index contributed by atoms with van der Waals surface area (Å²) in [6.07, 6.45) is 0.559. The van der Waals surface area contributed by atoms with E-state index in [-0.39, 0.29) is 11.3 Å². The summed E-state index contributed by atoms with van der Waals surface area (Å²) < 4.78 is 10.1. The second-order valence-corrected chi connectivity index (χ2v) is 3.20. The maximum absolute atomic E-state index is 10.8. The van der Waals surface area contributed by atoms with Gasteiger partial charge in [-0.3, -0.25) is 4.79 Å². The van der Waals surface area contributed by atoms with Gasteiger partial charge in [0.2, 0.25) is 0 Å². The number of benzene rings is 1. The molecular weight excluding hydrogens is 196 g/mol. The lowest BCUT2D eigenvalue weighted by Gasteiger charge is -2.16. The molecule has 0 unspecified atom stereocenters. The Kier molecular flexibility index (Phi) is 3.19. The van der Waals surface area contributed by atoms with Crippen LogP contribution >= 0.6 is 0 Å². The lowest BCUT2D eigenvalue weighted by atomic mass is 10.0. The van der Waals surface area contributed by atoms with Crippen LogP contribution in [-0.4, -0.2) is 25.6 Å². The molecule has 0 saturated carbocycles. The maximum Gasteiger partial charge on any atom is 0.172 e. The van der Waals surface area contributed by atoms with Crippen molar-refractivity contribution in [3.8, 4) is 17.2 Å². The fourth-order valence-electron chi connectivity index (χ4n) is 1.57. The topological polar surface area (TPSA) is 55.8 Å². The number of hydrogen-bond donors (Lipinski definition) is 1. The smallest absolute Gasteiger partial charge is 0.172 e. The first kappa shape index (κ1) is 11.4. The average molecular weight is 210 g/mol. The van der Waals surface area contributed by atoms with Crippen molar-refractivity contribution in [3.63, 3.8) is 0 Å². The van der Waals surface area contributed by atoms with E-state index < -0.39 is 0 Å². The molecule has 0 fully saturated rings. The summed E-state index contributed by atoms with van der Waals surface area (Å²) in [6, 6.07) is 0. The van der Waals surface area contributed by atoms with E-state index in [4.69, 9.17) is 9.47 Å². The molecule has 1 rings (SSSR count). The lowest BCUT2D eigenvalue weighted by molar-refractivity contribution is 0.111. The second-order valence-electron chi connectivity index (χ2n) is 3.20. The molecular formula is C11H14O4. The van der Waals surface area contributed by atoms with Gasteiger partial charge in [-0.25, -0.2) is 0 Å². The molecule has 0 aliphatic heterocycles. The zero-order valence-corrected chi connectivity index (χ0v) is 9.25. The van der Waals surface area contributed by atoms with E-state index >= 15 is 0 Å². The van der Waals surface area contributed by atoms with Crippen molar-refractivity contribution >= 4 is 6.29 Å². The van der Waals surface area contributed by atoms with Gasteiger partial charge < -0.3 is 14.6 Å². The zero-order valence-electron chi connectivity index (χ0n) is 9.25. The van der Waals surface area contributed by atoms with E-state index in [0.717, 1.165) is 11.1 Å². The first-order valence-electron chi connectivity index (χ1n) is 4.47. The van der Waals surface area contributed by atoms with Crippen LogP contribution in [0.4, 0.5) is 0 Å². The van der Waals surface area contributed by atoms with Crippen molar-refractivity contribution in [2.24, 2.45) is 0 Å². The second kappa shape index (κ2) is 4.21. The Labute approximate surface area is 88.4 Å². The molecule has 1 aromatic carbocycles. The number of phenolic OH excluding ortho intramolecular Hbond substituents is 1. The predicted octanol–water partition coefficient (Wildman–Crippen LogP) is 1.84. The standard InChI is InChI=1S/C11H14O4/c1-6-7(2)11(15-4)9(13)8(5-12)10(6)14-3/h5,13H,1-4H3. The van der Waals surface area contributed by atoms with E-state index in [9.17, 15) is 9.90 Å². The lowest BCUT2D eigenvalue weighted by Crippen LogP contribution is -2.00. The van der Waals surface area contributed by atoms with Crippen LogP contribution in [0.3, 0.4) is 0 Å². The molecule has 0 bridgehead atoms. The molecule has 0 spiro atoms. The van der Waals surface area contributed by atoms with E-state index in [1.54, 1.807) is 6.92 Å². The summed E-state index contributed by atoms with van der Waals surface area (Å²) in [5.74, 6) is 0.531. The van der Waals surface area contributed by atoms with Gasteiger partial charge in [-0.1, -0.05) is 0 Å². The molecule has 15 heavy (non-hydrogen) atoms. The van der Waals surface area contributed by atoms with E-state index in [0.29, 0.717) is 17.8 Å². The van der Waals surface area contributed by atoms with Gasteiger partial charge in [-0.2, -0.15) is 0 Å². The summed E-state index contributed by atoms with van der Waals surface area (Å²) in [6.45, 7) is 3.61. The number of methoxy groups -OCH3 is 2. The van der Waals surface area contributed by atoms with E-state index in [2.05, 4.69) is 0 Å². The van der Waals surface area contributed by atoms with Crippen molar-refractivity contribution in [1.82, 2.24) is 0 Å². The SMILES string of the molecule is COc1c(C)c(C)c(OC)c(C=O)c1O. The van der Waals surface area contributed by atoms with Gasteiger partial charge in [0.05, 0.1) is 14.2 Å². The highest BCUT2D eigenvalue weighted by Crippen LogP contribution is 2.41. The Morgan fingerprint density at radius 1 is 1.07 bits per heavy atom. The van der Waals surface area contributed by atoms with Crippen molar-refractivity contribution in [2.45, 2.75) is 13.8 Å². The number of carbonyl (C=O) groups is 1. The van der Waals surface area contributed by atoms with Gasteiger partial charge in [0.15, 0.2) is 17.8 Å². The number of aromatic hydroxyl groups is 1. The van der Waals surface area contributed by atoms with Crippen LogP contribution < -0.4 is 9.47 Å². The molecule has 0 heterocycles. The molecule has 1 N–H and O–H groups in total. The number of hydrogen-bond acceptors (Lipinski definition) is 4. The third kappa shape index (κ3) is 1.63. The molecule has 0 saturated heterocycles. The largest absolute Gasteiger partial charge is 0.504 e. The zero-order chi connectivity index (χ0) is 11.6. The normalized spacial score (nSPS) is 9.87. The Morgan fingerprint density at radius 2 is 1.53 bits per heavy atom. The molecule has 4 heteroatoms. The number of phenols is 1. The first-order chi connectivity index (χ1) is 7.08. The number of carbonyl (C=O) groups excluding carboxylic acids is 1. The first-order valence-corrected chi connectivity index (χ1v) is 4.47. The monoisotopic (exact) mass is 210 g/mol.